The van der Waals surface area contributed by atoms with Crippen molar-refractivity contribution in [1.82, 2.24) is 10.2 Å². The molecule has 0 heterocycles. The maximum Gasteiger partial charge on any atom is 0.411 e. The zero-order valence-corrected chi connectivity index (χ0v) is 21.8. The molecule has 0 spiro atoms. The smallest absolute Gasteiger partial charge is 0.411 e. The average molecular weight is 516 g/mol. The van der Waals surface area contributed by atoms with Crippen LogP contribution in [0.25, 0.3) is 0 Å². The van der Waals surface area contributed by atoms with E-state index in [-0.39, 0.29) is 19.6 Å². The second-order valence-corrected chi connectivity index (χ2v) is 9.41. The number of primary amides is 1. The van der Waals surface area contributed by atoms with Gasteiger partial charge in [-0.3, -0.25) is 9.69 Å². The van der Waals surface area contributed by atoms with Gasteiger partial charge in [0.1, 0.15) is 24.0 Å². The van der Waals surface area contributed by atoms with Gasteiger partial charge < -0.3 is 30.4 Å². The highest BCUT2D eigenvalue weighted by molar-refractivity contribution is 5.84. The first kappa shape index (κ1) is 29.4. The lowest BCUT2D eigenvalue weighted by molar-refractivity contribution is -0.125. The van der Waals surface area contributed by atoms with Crippen molar-refractivity contribution in [3.05, 3.63) is 65.7 Å². The summed E-state index contributed by atoms with van der Waals surface area (Å²) in [4.78, 5) is 38.9. The molecule has 3 amide bonds. The number of nitrogens with one attached hydrogen (secondary N) is 1. The Morgan fingerprint density at radius 2 is 1.70 bits per heavy atom. The minimum Gasteiger partial charge on any atom is -0.497 e. The molecule has 0 bridgehead atoms. The fraction of sp³-hybridized carbons (Fsp3) is 0.444. The van der Waals surface area contributed by atoms with Crippen LogP contribution in [0.5, 0.6) is 5.75 Å². The molecular formula is C27H37N3O7. The second-order valence-electron chi connectivity index (χ2n) is 9.41. The molecular weight excluding hydrogens is 478 g/mol. The van der Waals surface area contributed by atoms with Gasteiger partial charge in [0.25, 0.3) is 0 Å². The van der Waals surface area contributed by atoms with Crippen LogP contribution in [-0.2, 0) is 20.9 Å². The summed E-state index contributed by atoms with van der Waals surface area (Å²) in [6.07, 6.45) is -0.953. The topological polar surface area (TPSA) is 140 Å². The predicted molar refractivity (Wildman–Crippen MR) is 138 cm³/mol. The maximum atomic E-state index is 13.2. The van der Waals surface area contributed by atoms with Crippen molar-refractivity contribution >= 4 is 18.1 Å². The molecule has 0 unspecified atom stereocenters. The molecule has 2 aromatic carbocycles. The van der Waals surface area contributed by atoms with Gasteiger partial charge in [-0.25, -0.2) is 9.59 Å². The van der Waals surface area contributed by atoms with E-state index < -0.39 is 42.4 Å². The molecule has 2 aromatic rings. The van der Waals surface area contributed by atoms with Crippen LogP contribution in [0.3, 0.4) is 0 Å². The van der Waals surface area contributed by atoms with Gasteiger partial charge in [-0.05, 0) is 56.9 Å². The molecule has 0 aromatic heterocycles. The predicted octanol–water partition coefficient (Wildman–Crippen LogP) is 3.53. The maximum absolute atomic E-state index is 13.2. The van der Waals surface area contributed by atoms with Crippen LogP contribution >= 0.6 is 0 Å². The fourth-order valence-corrected chi connectivity index (χ4v) is 3.64. The average Bonchev–Trinajstić information content (AvgIpc) is 2.86. The number of nitrogens with two attached hydrogens (primary N) is 1. The van der Waals surface area contributed by atoms with E-state index in [4.69, 9.17) is 19.9 Å². The molecule has 0 radical (unpaired) electrons. The third kappa shape index (κ3) is 9.64. The number of rotatable bonds is 12. The summed E-state index contributed by atoms with van der Waals surface area (Å²) in [5.41, 5.74) is 6.29. The molecule has 0 aliphatic rings. The van der Waals surface area contributed by atoms with Crippen LogP contribution < -0.4 is 15.8 Å². The number of hydrogen-bond donors (Lipinski definition) is 3. The van der Waals surface area contributed by atoms with Gasteiger partial charge in [0, 0.05) is 6.54 Å². The minimum absolute atomic E-state index is 0.125. The Morgan fingerprint density at radius 1 is 1.05 bits per heavy atom. The first-order chi connectivity index (χ1) is 17.6. The van der Waals surface area contributed by atoms with Crippen LogP contribution in [0.4, 0.5) is 9.59 Å². The van der Waals surface area contributed by atoms with Crippen molar-refractivity contribution in [1.29, 1.82) is 0 Å². The summed E-state index contributed by atoms with van der Waals surface area (Å²) < 4.78 is 15.9. The number of ether oxygens (including phenoxy) is 3. The molecule has 4 N–H and O–H groups in total. The fourth-order valence-electron chi connectivity index (χ4n) is 3.64. The molecule has 0 aliphatic heterocycles. The van der Waals surface area contributed by atoms with Gasteiger partial charge in [-0.15, -0.1) is 0 Å². The summed E-state index contributed by atoms with van der Waals surface area (Å²) in [6, 6.07) is 14.0. The van der Waals surface area contributed by atoms with E-state index in [1.807, 2.05) is 30.3 Å². The van der Waals surface area contributed by atoms with Gasteiger partial charge >= 0.3 is 12.2 Å². The van der Waals surface area contributed by atoms with Crippen LogP contribution in [0.2, 0.25) is 0 Å². The van der Waals surface area contributed by atoms with Crippen molar-refractivity contribution in [3.8, 4) is 5.75 Å². The SMILES string of the molecule is COc1ccc([C@H](CO)N(C(=O)OC(C)(C)C)[C@H](CCCNC(=O)OCc2ccccc2)C(N)=O)cc1. The number of nitrogens with zero attached hydrogens (tertiary/aromatic N) is 1. The number of carbonyl (C=O) groups is 3. The van der Waals surface area contributed by atoms with E-state index in [0.29, 0.717) is 17.7 Å². The molecule has 0 fully saturated rings. The molecule has 10 heteroatoms. The first-order valence-corrected chi connectivity index (χ1v) is 12.1. The largest absolute Gasteiger partial charge is 0.497 e. The van der Waals surface area contributed by atoms with E-state index in [0.717, 1.165) is 5.56 Å². The number of aliphatic hydroxyl groups is 1. The second kappa shape index (κ2) is 14.1. The summed E-state index contributed by atoms with van der Waals surface area (Å²) in [5, 5.41) is 12.9. The standard InChI is InChI=1S/C27H37N3O7/c1-27(2,3)37-26(34)30(23(17-31)20-12-14-21(35-4)15-13-20)22(24(28)32)11-8-16-29-25(33)36-18-19-9-6-5-7-10-19/h5-7,9-10,12-15,22-23,31H,8,11,16-18H2,1-4H3,(H2,28,32)(H,29,33)/t22-,23+/m1/s1. The summed E-state index contributed by atoms with van der Waals surface area (Å²) in [6.45, 7) is 4.95. The Morgan fingerprint density at radius 3 is 2.24 bits per heavy atom. The zero-order valence-electron chi connectivity index (χ0n) is 21.8. The lowest BCUT2D eigenvalue weighted by Crippen LogP contribution is -2.52. The van der Waals surface area contributed by atoms with E-state index in [2.05, 4.69) is 5.32 Å². The van der Waals surface area contributed by atoms with Crippen molar-refractivity contribution in [2.45, 2.75) is 57.9 Å². The van der Waals surface area contributed by atoms with E-state index in [1.54, 1.807) is 45.0 Å². The lowest BCUT2D eigenvalue weighted by Gasteiger charge is -2.37. The normalized spacial score (nSPS) is 12.7. The van der Waals surface area contributed by atoms with Crippen molar-refractivity contribution < 1.29 is 33.7 Å². The number of benzene rings is 2. The van der Waals surface area contributed by atoms with E-state index >= 15 is 0 Å². The number of aliphatic hydroxyl groups excluding tert-OH is 1. The molecule has 0 aliphatic carbocycles. The van der Waals surface area contributed by atoms with Crippen molar-refractivity contribution in [2.75, 3.05) is 20.3 Å². The molecule has 0 saturated carbocycles. The van der Waals surface area contributed by atoms with Crippen molar-refractivity contribution in [3.63, 3.8) is 0 Å². The number of alkyl carbamates (subject to hydrolysis) is 1. The van der Waals surface area contributed by atoms with Gasteiger partial charge in [-0.1, -0.05) is 42.5 Å². The lowest BCUT2D eigenvalue weighted by atomic mass is 10.0. The molecule has 2 atom stereocenters. The van der Waals surface area contributed by atoms with Crippen LogP contribution in [0.1, 0.15) is 50.8 Å². The Labute approximate surface area is 217 Å². The number of amides is 3. The van der Waals surface area contributed by atoms with Gasteiger partial charge in [0.05, 0.1) is 19.8 Å². The molecule has 0 saturated heterocycles. The Bertz CT molecular complexity index is 1010. The highest BCUT2D eigenvalue weighted by Crippen LogP contribution is 2.28. The quantitative estimate of drug-likeness (QED) is 0.367. The van der Waals surface area contributed by atoms with Crippen molar-refractivity contribution in [2.24, 2.45) is 5.73 Å². The van der Waals surface area contributed by atoms with Gasteiger partial charge in [-0.2, -0.15) is 0 Å². The molecule has 10 nitrogen and oxygen atoms in total. The van der Waals surface area contributed by atoms with Crippen LogP contribution in [0, 0.1) is 0 Å². The van der Waals surface area contributed by atoms with E-state index in [9.17, 15) is 19.5 Å². The summed E-state index contributed by atoms with van der Waals surface area (Å²) in [7, 11) is 1.53. The number of methoxy groups -OCH3 is 1. The third-order valence-corrected chi connectivity index (χ3v) is 5.41. The Balaban J connectivity index is 2.11. The number of carbonyl (C=O) groups excluding carboxylic acids is 3. The first-order valence-electron chi connectivity index (χ1n) is 12.1. The van der Waals surface area contributed by atoms with Gasteiger partial charge in [0.2, 0.25) is 5.91 Å². The van der Waals surface area contributed by atoms with E-state index in [1.165, 1.54) is 12.0 Å². The summed E-state index contributed by atoms with van der Waals surface area (Å²) in [5.74, 6) is -0.162. The zero-order chi connectivity index (χ0) is 27.4. The molecule has 37 heavy (non-hydrogen) atoms. The Hall–Kier alpha value is -3.79. The third-order valence-electron chi connectivity index (χ3n) is 5.41. The highest BCUT2D eigenvalue weighted by atomic mass is 16.6. The van der Waals surface area contributed by atoms with Crippen LogP contribution in [-0.4, -0.2) is 60.0 Å². The highest BCUT2D eigenvalue weighted by Gasteiger charge is 2.37. The minimum atomic E-state index is -1.10. The van der Waals surface area contributed by atoms with Crippen LogP contribution in [0.15, 0.2) is 54.6 Å². The molecule has 2 rings (SSSR count). The molecule has 202 valence electrons. The van der Waals surface area contributed by atoms with Gasteiger partial charge in [0.15, 0.2) is 0 Å². The monoisotopic (exact) mass is 515 g/mol. The number of hydrogen-bond acceptors (Lipinski definition) is 7. The summed E-state index contributed by atoms with van der Waals surface area (Å²) >= 11 is 0. The Kier molecular flexibility index (Phi) is 11.2.